The number of benzene rings is 2. The average molecular weight is 420 g/mol. The van der Waals surface area contributed by atoms with Crippen LogP contribution >= 0.6 is 0 Å². The van der Waals surface area contributed by atoms with Crippen LogP contribution in [0.4, 0.5) is 0 Å². The third kappa shape index (κ3) is 4.17. The van der Waals surface area contributed by atoms with E-state index >= 15 is 0 Å². The van der Waals surface area contributed by atoms with Gasteiger partial charge in [-0.15, -0.1) is 0 Å². The lowest BCUT2D eigenvalue weighted by molar-refractivity contribution is 0.0257. The van der Waals surface area contributed by atoms with E-state index in [1.165, 1.54) is 37.7 Å². The normalized spacial score (nSPS) is 27.6. The smallest absolute Gasteiger partial charge is 0.335 e. The van der Waals surface area contributed by atoms with Crippen LogP contribution in [-0.4, -0.2) is 17.6 Å². The Kier molecular flexibility index (Phi) is 6.00. The molecule has 2 aromatic rings. The summed E-state index contributed by atoms with van der Waals surface area (Å²) in [6, 6.07) is 14.5. The van der Waals surface area contributed by atoms with Crippen LogP contribution in [0, 0.1) is 11.3 Å². The second kappa shape index (κ2) is 8.43. The summed E-state index contributed by atoms with van der Waals surface area (Å²) >= 11 is 0. The van der Waals surface area contributed by atoms with Crippen LogP contribution in [0.25, 0.3) is 0 Å². The quantitative estimate of drug-likeness (QED) is 0.577. The predicted molar refractivity (Wildman–Crippen MR) is 127 cm³/mol. The molecule has 1 fully saturated rings. The standard InChI is InChI=1S/C28H37NO2/c1-19(2)22-10-12-24-23(16-22)11-13-25-27(3,14-5-15-28(24,25)4)18-29-17-20-6-8-21(9-7-20)26(30)31/h6-10,12,16,19,25,29H,5,11,13-15,17-18H2,1-4H3,(H,30,31)/t25-,27-,28+/m0/s1. The highest BCUT2D eigenvalue weighted by atomic mass is 16.4. The van der Waals surface area contributed by atoms with Gasteiger partial charge in [-0.25, -0.2) is 4.79 Å². The molecule has 0 unspecified atom stereocenters. The minimum absolute atomic E-state index is 0.265. The fourth-order valence-electron chi connectivity index (χ4n) is 6.47. The molecule has 0 heterocycles. The first-order valence-electron chi connectivity index (χ1n) is 11.9. The summed E-state index contributed by atoms with van der Waals surface area (Å²) in [6.45, 7) is 11.4. The van der Waals surface area contributed by atoms with E-state index in [9.17, 15) is 4.79 Å². The summed E-state index contributed by atoms with van der Waals surface area (Å²) in [5.74, 6) is 0.404. The van der Waals surface area contributed by atoms with Crippen molar-refractivity contribution in [2.75, 3.05) is 6.54 Å². The van der Waals surface area contributed by atoms with Gasteiger partial charge in [0.2, 0.25) is 0 Å². The Morgan fingerprint density at radius 1 is 1.13 bits per heavy atom. The third-order valence-corrected chi connectivity index (χ3v) is 8.23. The number of carbonyl (C=O) groups is 1. The minimum atomic E-state index is -0.869. The lowest BCUT2D eigenvalue weighted by Gasteiger charge is -2.55. The van der Waals surface area contributed by atoms with Crippen LogP contribution < -0.4 is 5.32 Å². The molecular formula is C28H37NO2. The number of aryl methyl sites for hydroxylation is 1. The van der Waals surface area contributed by atoms with Crippen molar-refractivity contribution in [1.82, 2.24) is 5.32 Å². The van der Waals surface area contributed by atoms with E-state index in [2.05, 4.69) is 51.2 Å². The van der Waals surface area contributed by atoms with Gasteiger partial charge in [0.1, 0.15) is 0 Å². The molecule has 166 valence electrons. The van der Waals surface area contributed by atoms with Gasteiger partial charge in [0.05, 0.1) is 5.56 Å². The van der Waals surface area contributed by atoms with Gasteiger partial charge in [0.25, 0.3) is 0 Å². The average Bonchev–Trinajstić information content (AvgIpc) is 2.73. The minimum Gasteiger partial charge on any atom is -0.478 e. The van der Waals surface area contributed by atoms with Gasteiger partial charge in [-0.3, -0.25) is 0 Å². The largest absolute Gasteiger partial charge is 0.478 e. The Hall–Kier alpha value is -2.13. The summed E-state index contributed by atoms with van der Waals surface area (Å²) in [5.41, 5.74) is 6.69. The molecule has 4 rings (SSSR count). The molecule has 31 heavy (non-hydrogen) atoms. The second-order valence-electron chi connectivity index (χ2n) is 10.7. The first kappa shape index (κ1) is 22.1. The van der Waals surface area contributed by atoms with Crippen LogP contribution in [0.5, 0.6) is 0 Å². The number of carboxylic acid groups (broad SMARTS) is 1. The van der Waals surface area contributed by atoms with Crippen molar-refractivity contribution in [1.29, 1.82) is 0 Å². The Morgan fingerprint density at radius 2 is 1.87 bits per heavy atom. The first-order valence-corrected chi connectivity index (χ1v) is 11.9. The number of hydrogen-bond donors (Lipinski definition) is 2. The van der Waals surface area contributed by atoms with Crippen molar-refractivity contribution in [2.24, 2.45) is 11.3 Å². The van der Waals surface area contributed by atoms with Crippen molar-refractivity contribution < 1.29 is 9.90 Å². The Bertz CT molecular complexity index is 948. The van der Waals surface area contributed by atoms with E-state index in [0.29, 0.717) is 17.4 Å². The fraction of sp³-hybridized carbons (Fsp3) is 0.536. The highest BCUT2D eigenvalue weighted by Gasteiger charge is 2.51. The first-order chi connectivity index (χ1) is 14.7. The molecule has 0 spiro atoms. The molecule has 0 aliphatic heterocycles. The molecule has 3 atom stereocenters. The van der Waals surface area contributed by atoms with E-state index in [0.717, 1.165) is 18.7 Å². The molecule has 0 bridgehead atoms. The van der Waals surface area contributed by atoms with Crippen molar-refractivity contribution in [2.45, 2.75) is 77.7 Å². The number of carboxylic acids is 1. The van der Waals surface area contributed by atoms with E-state index in [1.807, 2.05) is 12.1 Å². The summed E-state index contributed by atoms with van der Waals surface area (Å²) in [5, 5.41) is 12.8. The second-order valence-corrected chi connectivity index (χ2v) is 10.7. The Morgan fingerprint density at radius 3 is 2.55 bits per heavy atom. The molecule has 3 nitrogen and oxygen atoms in total. The molecule has 0 radical (unpaired) electrons. The molecule has 0 aromatic heterocycles. The van der Waals surface area contributed by atoms with Gasteiger partial charge in [-0.05, 0) is 82.7 Å². The maximum absolute atomic E-state index is 11.1. The Balaban J connectivity index is 1.48. The summed E-state index contributed by atoms with van der Waals surface area (Å²) in [4.78, 5) is 11.1. The fourth-order valence-corrected chi connectivity index (χ4v) is 6.47. The number of fused-ring (bicyclic) bond motifs is 3. The summed E-state index contributed by atoms with van der Waals surface area (Å²) < 4.78 is 0. The number of nitrogens with one attached hydrogen (secondary N) is 1. The Labute approximate surface area is 187 Å². The lowest BCUT2D eigenvalue weighted by Crippen LogP contribution is -2.52. The van der Waals surface area contributed by atoms with Crippen LogP contribution in [0.3, 0.4) is 0 Å². The SMILES string of the molecule is CC(C)c1ccc2c(c1)CC[C@H]1[C@](C)(CNCc3ccc(C(=O)O)cc3)CCC[C@]21C. The van der Waals surface area contributed by atoms with Gasteiger partial charge in [-0.2, -0.15) is 0 Å². The zero-order valence-electron chi connectivity index (χ0n) is 19.5. The molecule has 0 saturated heterocycles. The zero-order chi connectivity index (χ0) is 22.2. The molecular weight excluding hydrogens is 382 g/mol. The molecule has 3 heteroatoms. The highest BCUT2D eigenvalue weighted by Crippen LogP contribution is 2.57. The number of hydrogen-bond acceptors (Lipinski definition) is 2. The maximum Gasteiger partial charge on any atom is 0.335 e. The van der Waals surface area contributed by atoms with E-state index in [4.69, 9.17) is 5.11 Å². The van der Waals surface area contributed by atoms with Gasteiger partial charge < -0.3 is 10.4 Å². The molecule has 1 saturated carbocycles. The third-order valence-electron chi connectivity index (χ3n) is 8.23. The lowest BCUT2D eigenvalue weighted by atomic mass is 9.49. The maximum atomic E-state index is 11.1. The van der Waals surface area contributed by atoms with Crippen molar-refractivity contribution >= 4 is 5.97 Å². The van der Waals surface area contributed by atoms with Crippen LogP contribution in [0.1, 0.15) is 91.9 Å². The summed E-state index contributed by atoms with van der Waals surface area (Å²) in [6.07, 6.45) is 6.32. The molecule has 2 N–H and O–H groups in total. The molecule has 0 amide bonds. The molecule has 2 aliphatic carbocycles. The van der Waals surface area contributed by atoms with Gasteiger partial charge >= 0.3 is 5.97 Å². The molecule has 2 aromatic carbocycles. The van der Waals surface area contributed by atoms with Crippen LogP contribution in [0.15, 0.2) is 42.5 Å². The van der Waals surface area contributed by atoms with Crippen molar-refractivity contribution in [3.8, 4) is 0 Å². The van der Waals surface area contributed by atoms with Gasteiger partial charge in [-0.1, -0.05) is 64.4 Å². The van der Waals surface area contributed by atoms with Crippen molar-refractivity contribution in [3.05, 3.63) is 70.3 Å². The summed E-state index contributed by atoms with van der Waals surface area (Å²) in [7, 11) is 0. The topological polar surface area (TPSA) is 49.3 Å². The van der Waals surface area contributed by atoms with Crippen molar-refractivity contribution in [3.63, 3.8) is 0 Å². The van der Waals surface area contributed by atoms with E-state index < -0.39 is 5.97 Å². The van der Waals surface area contributed by atoms with Gasteiger partial charge in [0.15, 0.2) is 0 Å². The van der Waals surface area contributed by atoms with E-state index in [1.54, 1.807) is 23.3 Å². The highest BCUT2D eigenvalue weighted by molar-refractivity contribution is 5.87. The van der Waals surface area contributed by atoms with Gasteiger partial charge in [0, 0.05) is 13.1 Å². The monoisotopic (exact) mass is 419 g/mol. The van der Waals surface area contributed by atoms with E-state index in [-0.39, 0.29) is 10.8 Å². The van der Waals surface area contributed by atoms with Crippen LogP contribution in [0.2, 0.25) is 0 Å². The number of aromatic carboxylic acids is 1. The van der Waals surface area contributed by atoms with Crippen LogP contribution in [-0.2, 0) is 18.4 Å². The number of rotatable bonds is 6. The predicted octanol–water partition coefficient (Wildman–Crippen LogP) is 6.31. The molecule has 2 aliphatic rings. The zero-order valence-corrected chi connectivity index (χ0v) is 19.5.